The zero-order chi connectivity index (χ0) is 15.8. The summed E-state index contributed by atoms with van der Waals surface area (Å²) in [5.74, 6) is 0.971. The van der Waals surface area contributed by atoms with E-state index in [1.54, 1.807) is 0 Å². The number of hydrogen-bond acceptors (Lipinski definition) is 1. The van der Waals surface area contributed by atoms with E-state index in [1.165, 1.54) is 27.8 Å². The van der Waals surface area contributed by atoms with Crippen LogP contribution in [0.4, 0.5) is 0 Å². The largest absolute Gasteiger partial charge is 0.488 e. The third kappa shape index (κ3) is 2.57. The van der Waals surface area contributed by atoms with Crippen LogP contribution in [0, 0.1) is 13.8 Å². The second-order valence-electron chi connectivity index (χ2n) is 6.10. The Labute approximate surface area is 136 Å². The van der Waals surface area contributed by atoms with Crippen LogP contribution in [0.25, 0.3) is 22.9 Å². The number of aromatic nitrogens is 1. The number of nitrogens with one attached hydrogen (secondary N) is 1. The topological polar surface area (TPSA) is 25.0 Å². The SMILES string of the molecule is Cc1ccc(-c2ccc(C3=Cc4c(C)cccc4OC3)[nH]2)cc1. The van der Waals surface area contributed by atoms with E-state index in [2.05, 4.69) is 67.4 Å². The lowest BCUT2D eigenvalue weighted by atomic mass is 10.0. The van der Waals surface area contributed by atoms with Crippen molar-refractivity contribution in [1.82, 2.24) is 4.98 Å². The zero-order valence-corrected chi connectivity index (χ0v) is 13.4. The number of fused-ring (bicyclic) bond motifs is 1. The molecule has 0 unspecified atom stereocenters. The number of rotatable bonds is 2. The summed E-state index contributed by atoms with van der Waals surface area (Å²) < 4.78 is 5.91. The van der Waals surface area contributed by atoms with E-state index >= 15 is 0 Å². The summed E-state index contributed by atoms with van der Waals surface area (Å²) in [5.41, 5.74) is 8.34. The van der Waals surface area contributed by atoms with Crippen LogP contribution < -0.4 is 4.74 Å². The van der Waals surface area contributed by atoms with E-state index in [9.17, 15) is 0 Å². The summed E-state index contributed by atoms with van der Waals surface area (Å²) in [4.78, 5) is 3.52. The first kappa shape index (κ1) is 13.9. The summed E-state index contributed by atoms with van der Waals surface area (Å²) in [6.07, 6.45) is 2.24. The lowest BCUT2D eigenvalue weighted by Crippen LogP contribution is -2.07. The molecular weight excluding hydrogens is 282 g/mol. The van der Waals surface area contributed by atoms with Gasteiger partial charge in [-0.25, -0.2) is 0 Å². The average molecular weight is 301 g/mol. The van der Waals surface area contributed by atoms with E-state index in [1.807, 2.05) is 12.1 Å². The van der Waals surface area contributed by atoms with Gasteiger partial charge < -0.3 is 9.72 Å². The first-order valence-electron chi connectivity index (χ1n) is 7.90. The monoisotopic (exact) mass is 301 g/mol. The molecule has 0 amide bonds. The van der Waals surface area contributed by atoms with Gasteiger partial charge in [-0.3, -0.25) is 0 Å². The Kier molecular flexibility index (Phi) is 3.30. The molecule has 0 radical (unpaired) electrons. The minimum Gasteiger partial charge on any atom is -0.488 e. The van der Waals surface area contributed by atoms with Crippen molar-refractivity contribution in [2.75, 3.05) is 6.61 Å². The molecule has 0 atom stereocenters. The van der Waals surface area contributed by atoms with Gasteiger partial charge in [-0.2, -0.15) is 0 Å². The average Bonchev–Trinajstić information content (AvgIpc) is 3.06. The molecule has 114 valence electrons. The number of H-pyrrole nitrogens is 1. The van der Waals surface area contributed by atoms with Gasteiger partial charge in [0.15, 0.2) is 0 Å². The Morgan fingerprint density at radius 1 is 0.870 bits per heavy atom. The number of hydrogen-bond donors (Lipinski definition) is 1. The maximum absolute atomic E-state index is 5.91. The van der Waals surface area contributed by atoms with Crippen LogP contribution in [0.1, 0.15) is 22.4 Å². The molecule has 0 saturated carbocycles. The highest BCUT2D eigenvalue weighted by atomic mass is 16.5. The highest BCUT2D eigenvalue weighted by molar-refractivity contribution is 5.86. The summed E-state index contributed by atoms with van der Waals surface area (Å²) in [6, 6.07) is 19.0. The molecule has 4 rings (SSSR count). The molecule has 2 heteroatoms. The van der Waals surface area contributed by atoms with Crippen molar-refractivity contribution in [2.24, 2.45) is 0 Å². The minimum absolute atomic E-state index is 0.601. The maximum Gasteiger partial charge on any atom is 0.127 e. The van der Waals surface area contributed by atoms with Crippen LogP contribution in [0.15, 0.2) is 54.6 Å². The molecule has 23 heavy (non-hydrogen) atoms. The number of ether oxygens (including phenoxy) is 1. The van der Waals surface area contributed by atoms with E-state index in [0.717, 1.165) is 17.1 Å². The Bertz CT molecular complexity index is 884. The van der Waals surface area contributed by atoms with Crippen molar-refractivity contribution < 1.29 is 4.74 Å². The molecule has 3 aromatic rings. The van der Waals surface area contributed by atoms with Gasteiger partial charge in [0.05, 0.1) is 0 Å². The molecule has 0 saturated heterocycles. The quantitative estimate of drug-likeness (QED) is 0.688. The molecule has 1 aromatic heterocycles. The first-order valence-corrected chi connectivity index (χ1v) is 7.90. The first-order chi connectivity index (χ1) is 11.2. The smallest absolute Gasteiger partial charge is 0.127 e. The summed E-state index contributed by atoms with van der Waals surface area (Å²) in [5, 5.41) is 0. The molecule has 0 aliphatic carbocycles. The number of aromatic amines is 1. The second-order valence-corrected chi connectivity index (χ2v) is 6.10. The lowest BCUT2D eigenvalue weighted by molar-refractivity contribution is 0.365. The van der Waals surface area contributed by atoms with Crippen molar-refractivity contribution in [3.8, 4) is 17.0 Å². The van der Waals surface area contributed by atoms with Gasteiger partial charge in [-0.1, -0.05) is 42.0 Å². The summed E-state index contributed by atoms with van der Waals surface area (Å²) >= 11 is 0. The summed E-state index contributed by atoms with van der Waals surface area (Å²) in [6.45, 7) is 4.83. The zero-order valence-electron chi connectivity index (χ0n) is 13.4. The van der Waals surface area contributed by atoms with E-state index in [-0.39, 0.29) is 0 Å². The van der Waals surface area contributed by atoms with Crippen molar-refractivity contribution in [3.63, 3.8) is 0 Å². The van der Waals surface area contributed by atoms with E-state index in [4.69, 9.17) is 4.74 Å². The minimum atomic E-state index is 0.601. The van der Waals surface area contributed by atoms with Gasteiger partial charge in [0.1, 0.15) is 12.4 Å². The predicted molar refractivity (Wildman–Crippen MR) is 95.5 cm³/mol. The van der Waals surface area contributed by atoms with Crippen molar-refractivity contribution in [2.45, 2.75) is 13.8 Å². The third-order valence-corrected chi connectivity index (χ3v) is 4.38. The predicted octanol–water partition coefficient (Wildman–Crippen LogP) is 5.23. The van der Waals surface area contributed by atoms with Crippen LogP contribution in [0.2, 0.25) is 0 Å². The third-order valence-electron chi connectivity index (χ3n) is 4.38. The second kappa shape index (κ2) is 5.47. The van der Waals surface area contributed by atoms with E-state index < -0.39 is 0 Å². The molecule has 1 N–H and O–H groups in total. The fourth-order valence-electron chi connectivity index (χ4n) is 2.98. The Morgan fingerprint density at radius 3 is 2.48 bits per heavy atom. The molecule has 2 aromatic carbocycles. The van der Waals surface area contributed by atoms with Gasteiger partial charge in [-0.05, 0) is 49.2 Å². The Morgan fingerprint density at radius 2 is 1.65 bits per heavy atom. The molecule has 0 spiro atoms. The number of benzene rings is 2. The molecular formula is C21H19NO. The van der Waals surface area contributed by atoms with Crippen LogP contribution in [-0.2, 0) is 0 Å². The Balaban J connectivity index is 1.70. The van der Waals surface area contributed by atoms with Gasteiger partial charge in [0.25, 0.3) is 0 Å². The van der Waals surface area contributed by atoms with Gasteiger partial charge >= 0.3 is 0 Å². The highest BCUT2D eigenvalue weighted by Crippen LogP contribution is 2.33. The maximum atomic E-state index is 5.91. The molecule has 0 fully saturated rings. The molecule has 2 nitrogen and oxygen atoms in total. The van der Waals surface area contributed by atoms with E-state index in [0.29, 0.717) is 6.61 Å². The van der Waals surface area contributed by atoms with Gasteiger partial charge in [0.2, 0.25) is 0 Å². The van der Waals surface area contributed by atoms with Crippen LogP contribution in [0.3, 0.4) is 0 Å². The van der Waals surface area contributed by atoms with Gasteiger partial charge in [-0.15, -0.1) is 0 Å². The number of aryl methyl sites for hydroxylation is 2. The highest BCUT2D eigenvalue weighted by Gasteiger charge is 2.15. The van der Waals surface area contributed by atoms with Crippen LogP contribution >= 0.6 is 0 Å². The molecule has 1 aliphatic heterocycles. The lowest BCUT2D eigenvalue weighted by Gasteiger charge is -2.18. The standard InChI is InChI=1S/C21H19NO/c1-14-6-8-16(9-7-14)19-10-11-20(22-19)17-12-18-15(2)4-3-5-21(18)23-13-17/h3-12,22H,13H2,1-2H3. The molecule has 2 heterocycles. The Hall–Kier alpha value is -2.74. The fourth-order valence-corrected chi connectivity index (χ4v) is 2.98. The molecule has 0 bridgehead atoms. The van der Waals surface area contributed by atoms with Crippen LogP contribution in [0.5, 0.6) is 5.75 Å². The fraction of sp³-hybridized carbons (Fsp3) is 0.143. The van der Waals surface area contributed by atoms with Crippen LogP contribution in [-0.4, -0.2) is 11.6 Å². The normalized spacial score (nSPS) is 13.2. The molecule has 1 aliphatic rings. The van der Waals surface area contributed by atoms with Crippen molar-refractivity contribution >= 4 is 11.6 Å². The van der Waals surface area contributed by atoms with Gasteiger partial charge in [0, 0.05) is 22.5 Å². The van der Waals surface area contributed by atoms with Crippen molar-refractivity contribution in [3.05, 3.63) is 77.0 Å². The summed E-state index contributed by atoms with van der Waals surface area (Å²) in [7, 11) is 0. The van der Waals surface area contributed by atoms with Crippen molar-refractivity contribution in [1.29, 1.82) is 0 Å².